The van der Waals surface area contributed by atoms with E-state index < -0.39 is 11.8 Å². The minimum atomic E-state index is -0.574. The second kappa shape index (κ2) is 8.19. The molecule has 0 aromatic rings. The second-order valence-electron chi connectivity index (χ2n) is 5.22. The van der Waals surface area contributed by atoms with Gasteiger partial charge < -0.3 is 20.4 Å². The number of halogens is 1. The molecule has 2 rings (SSSR count). The molecule has 0 aromatic carbocycles. The molecule has 0 spiro atoms. The van der Waals surface area contributed by atoms with Gasteiger partial charge in [-0.25, -0.2) is 0 Å². The lowest BCUT2D eigenvalue weighted by atomic mass is 10.1. The number of amides is 3. The molecule has 2 fully saturated rings. The summed E-state index contributed by atoms with van der Waals surface area (Å²) in [5.41, 5.74) is 0. The van der Waals surface area contributed by atoms with Gasteiger partial charge in [0.05, 0.1) is 0 Å². The van der Waals surface area contributed by atoms with Crippen LogP contribution in [-0.2, 0) is 14.4 Å². The minimum Gasteiger partial charge on any atom is -0.351 e. The summed E-state index contributed by atoms with van der Waals surface area (Å²) in [5, 5.41) is 6.12. The largest absolute Gasteiger partial charge is 0.351 e. The Bertz CT molecular complexity index is 399. The summed E-state index contributed by atoms with van der Waals surface area (Å²) >= 11 is 0. The molecule has 0 aliphatic carbocycles. The fourth-order valence-corrected chi connectivity index (χ4v) is 2.59. The SMILES string of the molecule is CCN1CCN(CC(=O)N[C@H]2CCCNC2)C(=O)C1=O.Cl. The van der Waals surface area contributed by atoms with E-state index >= 15 is 0 Å². The van der Waals surface area contributed by atoms with Crippen LogP contribution in [0, 0.1) is 0 Å². The summed E-state index contributed by atoms with van der Waals surface area (Å²) in [5.74, 6) is -1.27. The number of likely N-dealkylation sites (N-methyl/N-ethyl adjacent to an activating group) is 1. The maximum atomic E-state index is 11.9. The number of nitrogens with one attached hydrogen (secondary N) is 2. The molecule has 2 heterocycles. The molecule has 0 saturated carbocycles. The second-order valence-corrected chi connectivity index (χ2v) is 5.22. The van der Waals surface area contributed by atoms with Crippen molar-refractivity contribution in [2.24, 2.45) is 0 Å². The molecule has 2 N–H and O–H groups in total. The van der Waals surface area contributed by atoms with E-state index in [0.717, 1.165) is 25.9 Å². The van der Waals surface area contributed by atoms with E-state index in [1.165, 1.54) is 9.80 Å². The molecule has 2 aliphatic heterocycles. The summed E-state index contributed by atoms with van der Waals surface area (Å²) in [4.78, 5) is 38.4. The van der Waals surface area contributed by atoms with E-state index in [4.69, 9.17) is 0 Å². The summed E-state index contributed by atoms with van der Waals surface area (Å²) in [6.07, 6.45) is 1.99. The predicted molar refractivity (Wildman–Crippen MR) is 80.1 cm³/mol. The van der Waals surface area contributed by atoms with Crippen molar-refractivity contribution in [3.05, 3.63) is 0 Å². The number of hydrogen-bond donors (Lipinski definition) is 2. The number of piperazine rings is 1. The minimum absolute atomic E-state index is 0. The van der Waals surface area contributed by atoms with E-state index in [9.17, 15) is 14.4 Å². The Labute approximate surface area is 130 Å². The number of carbonyl (C=O) groups is 3. The van der Waals surface area contributed by atoms with Gasteiger partial charge in [-0.1, -0.05) is 0 Å². The summed E-state index contributed by atoms with van der Waals surface area (Å²) in [7, 11) is 0. The number of hydrogen-bond acceptors (Lipinski definition) is 4. The smallest absolute Gasteiger partial charge is 0.312 e. The molecule has 120 valence electrons. The molecule has 21 heavy (non-hydrogen) atoms. The van der Waals surface area contributed by atoms with E-state index in [1.54, 1.807) is 0 Å². The average molecular weight is 319 g/mol. The Morgan fingerprint density at radius 3 is 2.57 bits per heavy atom. The highest BCUT2D eigenvalue weighted by molar-refractivity contribution is 6.35. The highest BCUT2D eigenvalue weighted by Gasteiger charge is 2.32. The number of piperidine rings is 1. The molecule has 8 heteroatoms. The van der Waals surface area contributed by atoms with Crippen LogP contribution in [0.25, 0.3) is 0 Å². The first-order valence-corrected chi connectivity index (χ1v) is 7.20. The quantitative estimate of drug-likeness (QED) is 0.649. The molecule has 0 bridgehead atoms. The van der Waals surface area contributed by atoms with Gasteiger partial charge >= 0.3 is 11.8 Å². The zero-order valence-electron chi connectivity index (χ0n) is 12.3. The van der Waals surface area contributed by atoms with Crippen LogP contribution in [0.4, 0.5) is 0 Å². The Hall–Kier alpha value is -1.34. The van der Waals surface area contributed by atoms with Gasteiger partial charge in [0.25, 0.3) is 0 Å². The van der Waals surface area contributed by atoms with Crippen LogP contribution in [0.15, 0.2) is 0 Å². The van der Waals surface area contributed by atoms with E-state index in [2.05, 4.69) is 10.6 Å². The van der Waals surface area contributed by atoms with Gasteiger partial charge in [0, 0.05) is 32.2 Å². The number of carbonyl (C=O) groups excluding carboxylic acids is 3. The molecule has 0 unspecified atom stereocenters. The first-order valence-electron chi connectivity index (χ1n) is 7.20. The van der Waals surface area contributed by atoms with Crippen LogP contribution < -0.4 is 10.6 Å². The fraction of sp³-hybridized carbons (Fsp3) is 0.769. The summed E-state index contributed by atoms with van der Waals surface area (Å²) in [6, 6.07) is 0.124. The average Bonchev–Trinajstić information content (AvgIpc) is 2.45. The third kappa shape index (κ3) is 4.57. The number of rotatable bonds is 4. The van der Waals surface area contributed by atoms with Gasteiger partial charge in [-0.15, -0.1) is 12.4 Å². The molecule has 3 amide bonds. The van der Waals surface area contributed by atoms with Crippen molar-refractivity contribution in [2.75, 3.05) is 39.3 Å². The standard InChI is InChI=1S/C13H22N4O3.ClH/c1-2-16-6-7-17(13(20)12(16)19)9-11(18)15-10-4-3-5-14-8-10;/h10,14H,2-9H2,1H3,(H,15,18);1H/t10-;/m0./s1. The molecular weight excluding hydrogens is 296 g/mol. The zero-order chi connectivity index (χ0) is 14.5. The van der Waals surface area contributed by atoms with Crippen LogP contribution in [0.5, 0.6) is 0 Å². The first-order chi connectivity index (χ1) is 9.61. The molecule has 0 radical (unpaired) electrons. The maximum Gasteiger partial charge on any atom is 0.312 e. The van der Waals surface area contributed by atoms with Gasteiger partial charge in [0.1, 0.15) is 6.54 Å². The van der Waals surface area contributed by atoms with Crippen LogP contribution in [0.3, 0.4) is 0 Å². The van der Waals surface area contributed by atoms with Crippen LogP contribution in [-0.4, -0.2) is 72.8 Å². The Balaban J connectivity index is 0.00000220. The third-order valence-electron chi connectivity index (χ3n) is 3.78. The molecule has 0 aromatic heterocycles. The van der Waals surface area contributed by atoms with E-state index in [-0.39, 0.29) is 30.9 Å². The van der Waals surface area contributed by atoms with Gasteiger partial charge in [-0.3, -0.25) is 14.4 Å². The van der Waals surface area contributed by atoms with Crippen LogP contribution in [0.2, 0.25) is 0 Å². The van der Waals surface area contributed by atoms with Gasteiger partial charge in [0.2, 0.25) is 5.91 Å². The van der Waals surface area contributed by atoms with Crippen molar-refractivity contribution >= 4 is 30.1 Å². The summed E-state index contributed by atoms with van der Waals surface area (Å²) < 4.78 is 0. The van der Waals surface area contributed by atoms with Crippen molar-refractivity contribution in [1.29, 1.82) is 0 Å². The maximum absolute atomic E-state index is 11.9. The van der Waals surface area contributed by atoms with Crippen molar-refractivity contribution in [3.63, 3.8) is 0 Å². The van der Waals surface area contributed by atoms with Gasteiger partial charge in [-0.05, 0) is 26.3 Å². The van der Waals surface area contributed by atoms with Gasteiger partial charge in [-0.2, -0.15) is 0 Å². The lowest BCUT2D eigenvalue weighted by Crippen LogP contribution is -2.57. The highest BCUT2D eigenvalue weighted by atomic mass is 35.5. The normalized spacial score (nSPS) is 22.8. The van der Waals surface area contributed by atoms with Crippen molar-refractivity contribution in [2.45, 2.75) is 25.8 Å². The van der Waals surface area contributed by atoms with Crippen LogP contribution in [0.1, 0.15) is 19.8 Å². The predicted octanol–water partition coefficient (Wildman–Crippen LogP) is -1.03. The van der Waals surface area contributed by atoms with Crippen molar-refractivity contribution in [3.8, 4) is 0 Å². The lowest BCUT2D eigenvalue weighted by Gasteiger charge is -2.33. The van der Waals surface area contributed by atoms with Gasteiger partial charge in [0.15, 0.2) is 0 Å². The highest BCUT2D eigenvalue weighted by Crippen LogP contribution is 2.05. The molecule has 2 saturated heterocycles. The molecule has 7 nitrogen and oxygen atoms in total. The molecular formula is C13H23ClN4O3. The first kappa shape index (κ1) is 17.7. The lowest BCUT2D eigenvalue weighted by molar-refractivity contribution is -0.156. The van der Waals surface area contributed by atoms with E-state index in [0.29, 0.717) is 19.6 Å². The van der Waals surface area contributed by atoms with Crippen LogP contribution >= 0.6 is 12.4 Å². The monoisotopic (exact) mass is 318 g/mol. The molecule has 2 aliphatic rings. The Morgan fingerprint density at radius 2 is 1.95 bits per heavy atom. The zero-order valence-corrected chi connectivity index (χ0v) is 13.1. The molecule has 1 atom stereocenters. The fourth-order valence-electron chi connectivity index (χ4n) is 2.59. The Kier molecular flexibility index (Phi) is 6.91. The van der Waals surface area contributed by atoms with E-state index in [1.807, 2.05) is 6.92 Å². The third-order valence-corrected chi connectivity index (χ3v) is 3.78. The van der Waals surface area contributed by atoms with Crippen molar-refractivity contribution < 1.29 is 14.4 Å². The number of nitrogens with zero attached hydrogens (tertiary/aromatic N) is 2. The Morgan fingerprint density at radius 1 is 1.29 bits per heavy atom. The topological polar surface area (TPSA) is 81.8 Å². The van der Waals surface area contributed by atoms with Crippen molar-refractivity contribution in [1.82, 2.24) is 20.4 Å². The summed E-state index contributed by atoms with van der Waals surface area (Å²) in [6.45, 7) is 5.01.